The minimum absolute atomic E-state index is 0.0147. The van der Waals surface area contributed by atoms with E-state index in [0.717, 1.165) is 0 Å². The molecular formula is C15H15FN2O4. The number of benzene rings is 1. The van der Waals surface area contributed by atoms with Crippen molar-refractivity contribution in [2.45, 2.75) is 12.8 Å². The molecule has 0 spiro atoms. The number of hydrogen-bond donors (Lipinski definition) is 1. The van der Waals surface area contributed by atoms with E-state index in [-0.39, 0.29) is 31.1 Å². The molecule has 0 bridgehead atoms. The van der Waals surface area contributed by atoms with Crippen LogP contribution in [0.3, 0.4) is 0 Å². The largest absolute Gasteiger partial charge is 0.481 e. The minimum atomic E-state index is -0.959. The van der Waals surface area contributed by atoms with Gasteiger partial charge in [0.15, 0.2) is 0 Å². The van der Waals surface area contributed by atoms with Crippen LogP contribution in [0.15, 0.2) is 34.9 Å². The van der Waals surface area contributed by atoms with Crippen molar-refractivity contribution in [1.82, 2.24) is 9.88 Å². The van der Waals surface area contributed by atoms with Gasteiger partial charge in [-0.2, -0.15) is 0 Å². The molecule has 2 aromatic rings. The second-order valence-electron chi connectivity index (χ2n) is 4.79. The Hall–Kier alpha value is -2.70. The van der Waals surface area contributed by atoms with Gasteiger partial charge in [0.25, 0.3) is 0 Å². The number of nitrogens with zero attached hydrogens (tertiary/aromatic N) is 2. The first kappa shape index (κ1) is 15.7. The third-order valence-electron chi connectivity index (χ3n) is 3.06. The van der Waals surface area contributed by atoms with Crippen molar-refractivity contribution in [3.8, 4) is 11.5 Å². The Morgan fingerprint density at radius 2 is 2.00 bits per heavy atom. The molecule has 0 aliphatic heterocycles. The zero-order valence-corrected chi connectivity index (χ0v) is 12.0. The Morgan fingerprint density at radius 1 is 1.32 bits per heavy atom. The Kier molecular flexibility index (Phi) is 4.88. The second kappa shape index (κ2) is 6.84. The Labute approximate surface area is 126 Å². The molecule has 1 heterocycles. The highest BCUT2D eigenvalue weighted by molar-refractivity contribution is 5.78. The van der Waals surface area contributed by atoms with E-state index in [1.54, 1.807) is 0 Å². The molecule has 1 aromatic carbocycles. The molecule has 0 saturated heterocycles. The summed E-state index contributed by atoms with van der Waals surface area (Å²) in [4.78, 5) is 27.9. The van der Waals surface area contributed by atoms with Gasteiger partial charge in [0, 0.05) is 19.2 Å². The fraction of sp³-hybridized carbons (Fsp3) is 0.267. The van der Waals surface area contributed by atoms with Gasteiger partial charge in [0.2, 0.25) is 11.8 Å². The summed E-state index contributed by atoms with van der Waals surface area (Å²) in [6.07, 6.45) is 1.27. The predicted molar refractivity (Wildman–Crippen MR) is 75.5 cm³/mol. The van der Waals surface area contributed by atoms with Crippen LogP contribution in [0, 0.1) is 5.82 Å². The van der Waals surface area contributed by atoms with Crippen molar-refractivity contribution in [3.05, 3.63) is 42.0 Å². The van der Waals surface area contributed by atoms with Crippen molar-refractivity contribution in [2.75, 3.05) is 13.6 Å². The van der Waals surface area contributed by atoms with Gasteiger partial charge < -0.3 is 14.4 Å². The first-order chi connectivity index (χ1) is 10.5. The van der Waals surface area contributed by atoms with Crippen molar-refractivity contribution < 1.29 is 23.5 Å². The van der Waals surface area contributed by atoms with Gasteiger partial charge in [-0.05, 0) is 24.3 Å². The lowest BCUT2D eigenvalue weighted by atomic mass is 10.2. The number of carboxylic acid groups (broad SMARTS) is 1. The first-order valence-corrected chi connectivity index (χ1v) is 6.62. The molecule has 7 heteroatoms. The molecular weight excluding hydrogens is 291 g/mol. The van der Waals surface area contributed by atoms with Crippen LogP contribution < -0.4 is 0 Å². The van der Waals surface area contributed by atoms with Crippen LogP contribution in [-0.4, -0.2) is 40.5 Å². The summed E-state index contributed by atoms with van der Waals surface area (Å²) >= 11 is 0. The number of rotatable bonds is 6. The van der Waals surface area contributed by atoms with Crippen molar-refractivity contribution in [1.29, 1.82) is 0 Å². The van der Waals surface area contributed by atoms with Crippen LogP contribution in [0.2, 0.25) is 0 Å². The van der Waals surface area contributed by atoms with E-state index in [1.807, 2.05) is 0 Å². The molecule has 0 aliphatic carbocycles. The highest BCUT2D eigenvalue weighted by atomic mass is 19.1. The van der Waals surface area contributed by atoms with Crippen molar-refractivity contribution >= 4 is 11.9 Å². The molecule has 116 valence electrons. The summed E-state index contributed by atoms with van der Waals surface area (Å²) in [5, 5.41) is 8.59. The maximum Gasteiger partial charge on any atom is 0.305 e. The van der Waals surface area contributed by atoms with E-state index in [2.05, 4.69) is 4.98 Å². The van der Waals surface area contributed by atoms with Crippen LogP contribution in [0.1, 0.15) is 12.1 Å². The number of amides is 1. The van der Waals surface area contributed by atoms with Gasteiger partial charge in [-0.15, -0.1) is 0 Å². The highest BCUT2D eigenvalue weighted by Gasteiger charge is 2.14. The van der Waals surface area contributed by atoms with E-state index in [9.17, 15) is 14.0 Å². The van der Waals surface area contributed by atoms with E-state index >= 15 is 0 Å². The average Bonchev–Trinajstić information content (AvgIpc) is 2.93. The van der Waals surface area contributed by atoms with Crippen LogP contribution in [0.5, 0.6) is 0 Å². The quantitative estimate of drug-likeness (QED) is 0.882. The fourth-order valence-electron chi connectivity index (χ4n) is 1.79. The number of halogens is 1. The molecule has 0 radical (unpaired) electrons. The van der Waals surface area contributed by atoms with E-state index in [4.69, 9.17) is 9.52 Å². The van der Waals surface area contributed by atoms with Gasteiger partial charge in [-0.1, -0.05) is 0 Å². The molecule has 0 aliphatic rings. The van der Waals surface area contributed by atoms with Crippen LogP contribution in [0.4, 0.5) is 4.39 Å². The number of aliphatic carboxylic acids is 1. The van der Waals surface area contributed by atoms with Gasteiger partial charge in [0.05, 0.1) is 18.5 Å². The number of hydrogen-bond acceptors (Lipinski definition) is 4. The normalized spacial score (nSPS) is 10.5. The number of carboxylic acids is 1. The summed E-state index contributed by atoms with van der Waals surface area (Å²) in [5.41, 5.74) is 1.05. The highest BCUT2D eigenvalue weighted by Crippen LogP contribution is 2.19. The molecule has 6 nitrogen and oxygen atoms in total. The molecule has 0 fully saturated rings. The molecule has 1 N–H and O–H groups in total. The summed E-state index contributed by atoms with van der Waals surface area (Å²) in [6, 6.07) is 5.66. The summed E-state index contributed by atoms with van der Waals surface area (Å²) in [5.74, 6) is -1.26. The Balaban J connectivity index is 1.98. The topological polar surface area (TPSA) is 83.6 Å². The molecule has 1 aromatic heterocycles. The standard InChI is InChI=1S/C15H15FN2O4/c1-18(7-6-14(20)21)13(19)8-12-9-22-15(17-12)10-2-4-11(16)5-3-10/h2-5,9H,6-8H2,1H3,(H,20,21). The van der Waals surface area contributed by atoms with E-state index < -0.39 is 5.97 Å². The van der Waals surface area contributed by atoms with Gasteiger partial charge in [-0.3, -0.25) is 9.59 Å². The van der Waals surface area contributed by atoms with E-state index in [1.165, 1.54) is 42.5 Å². The fourth-order valence-corrected chi connectivity index (χ4v) is 1.79. The number of aromatic nitrogens is 1. The Bertz CT molecular complexity index is 666. The van der Waals surface area contributed by atoms with Crippen molar-refractivity contribution in [3.63, 3.8) is 0 Å². The zero-order valence-electron chi connectivity index (χ0n) is 12.0. The number of carbonyl (C=O) groups is 2. The van der Waals surface area contributed by atoms with Gasteiger partial charge in [-0.25, -0.2) is 9.37 Å². The molecule has 22 heavy (non-hydrogen) atoms. The monoisotopic (exact) mass is 306 g/mol. The molecule has 0 atom stereocenters. The number of likely N-dealkylation sites (N-methyl/N-ethyl adjacent to an activating group) is 1. The van der Waals surface area contributed by atoms with Crippen molar-refractivity contribution in [2.24, 2.45) is 0 Å². The predicted octanol–water partition coefficient (Wildman–Crippen LogP) is 1.96. The lowest BCUT2D eigenvalue weighted by Crippen LogP contribution is -2.30. The van der Waals surface area contributed by atoms with Gasteiger partial charge >= 0.3 is 5.97 Å². The SMILES string of the molecule is CN(CCC(=O)O)C(=O)Cc1coc(-c2ccc(F)cc2)n1. The van der Waals surface area contributed by atoms with Gasteiger partial charge in [0.1, 0.15) is 12.1 Å². The van der Waals surface area contributed by atoms with Crippen LogP contribution >= 0.6 is 0 Å². The maximum absolute atomic E-state index is 12.9. The summed E-state index contributed by atoms with van der Waals surface area (Å²) < 4.78 is 18.1. The van der Waals surface area contributed by atoms with E-state index in [0.29, 0.717) is 17.1 Å². The Morgan fingerprint density at radius 3 is 2.64 bits per heavy atom. The zero-order chi connectivity index (χ0) is 16.1. The maximum atomic E-state index is 12.9. The smallest absolute Gasteiger partial charge is 0.305 e. The lowest BCUT2D eigenvalue weighted by Gasteiger charge is -2.14. The molecule has 2 rings (SSSR count). The van der Waals surface area contributed by atoms with Crippen LogP contribution in [0.25, 0.3) is 11.5 Å². The first-order valence-electron chi connectivity index (χ1n) is 6.62. The molecule has 0 saturated carbocycles. The minimum Gasteiger partial charge on any atom is -0.481 e. The molecule has 1 amide bonds. The summed E-state index contributed by atoms with van der Waals surface area (Å²) in [6.45, 7) is 0.136. The average molecular weight is 306 g/mol. The molecule has 0 unspecified atom stereocenters. The third kappa shape index (κ3) is 4.15. The third-order valence-corrected chi connectivity index (χ3v) is 3.06. The second-order valence-corrected chi connectivity index (χ2v) is 4.79. The summed E-state index contributed by atoms with van der Waals surface area (Å²) in [7, 11) is 1.53. The lowest BCUT2D eigenvalue weighted by molar-refractivity contribution is -0.138. The van der Waals surface area contributed by atoms with Crippen LogP contribution in [-0.2, 0) is 16.0 Å². The number of carbonyl (C=O) groups excluding carboxylic acids is 1. The number of oxazole rings is 1.